The molecule has 1 saturated carbocycles. The van der Waals surface area contributed by atoms with E-state index in [1.165, 1.54) is 12.8 Å². The fourth-order valence-electron chi connectivity index (χ4n) is 2.96. The van der Waals surface area contributed by atoms with E-state index in [1.807, 2.05) is 0 Å². The van der Waals surface area contributed by atoms with Crippen molar-refractivity contribution in [2.45, 2.75) is 51.2 Å². The molecule has 0 bridgehead atoms. The summed E-state index contributed by atoms with van der Waals surface area (Å²) in [6.07, 6.45) is 4.20. The van der Waals surface area contributed by atoms with E-state index in [-0.39, 0.29) is 5.41 Å². The lowest BCUT2D eigenvalue weighted by Crippen LogP contribution is -2.49. The maximum absolute atomic E-state index is 10.5. The first-order chi connectivity index (χ1) is 8.89. The van der Waals surface area contributed by atoms with Gasteiger partial charge in [-0.3, -0.25) is 0 Å². The van der Waals surface area contributed by atoms with Gasteiger partial charge in [0, 0.05) is 51.7 Å². The second-order valence-corrected chi connectivity index (χ2v) is 7.33. The summed E-state index contributed by atoms with van der Waals surface area (Å²) in [5.41, 5.74) is -0.300. The maximum Gasteiger partial charge on any atom is 0.0817 e. The van der Waals surface area contributed by atoms with Crippen LogP contribution in [-0.4, -0.2) is 61.5 Å². The van der Waals surface area contributed by atoms with Crippen molar-refractivity contribution in [2.24, 2.45) is 5.41 Å². The van der Waals surface area contributed by atoms with Gasteiger partial charge in [-0.1, -0.05) is 13.8 Å². The van der Waals surface area contributed by atoms with Crippen LogP contribution in [0.5, 0.6) is 0 Å². The topological polar surface area (TPSA) is 44.7 Å². The molecule has 0 aromatic carbocycles. The highest BCUT2D eigenvalue weighted by atomic mass is 16.5. The van der Waals surface area contributed by atoms with Crippen LogP contribution < -0.4 is 5.32 Å². The Balaban J connectivity index is 1.73. The lowest BCUT2D eigenvalue weighted by atomic mass is 9.90. The van der Waals surface area contributed by atoms with Gasteiger partial charge in [0.05, 0.1) is 5.60 Å². The molecule has 0 atom stereocenters. The SMILES string of the molecule is CN(CC(C)(C)CNC1CC1)CC1(O)CCOCC1. The Morgan fingerprint density at radius 2 is 1.95 bits per heavy atom. The number of hydrogen-bond donors (Lipinski definition) is 2. The number of hydrogen-bond acceptors (Lipinski definition) is 4. The molecular formula is C15H30N2O2. The van der Waals surface area contributed by atoms with Crippen molar-refractivity contribution in [3.8, 4) is 0 Å². The molecular weight excluding hydrogens is 240 g/mol. The Bertz CT molecular complexity index is 284. The summed E-state index contributed by atoms with van der Waals surface area (Å²) in [6, 6.07) is 0.768. The lowest BCUT2D eigenvalue weighted by Gasteiger charge is -2.38. The summed E-state index contributed by atoms with van der Waals surface area (Å²) in [5, 5.41) is 14.1. The van der Waals surface area contributed by atoms with Gasteiger partial charge < -0.3 is 20.1 Å². The van der Waals surface area contributed by atoms with Crippen LogP contribution in [0.3, 0.4) is 0 Å². The average molecular weight is 270 g/mol. The van der Waals surface area contributed by atoms with Crippen molar-refractivity contribution in [1.82, 2.24) is 10.2 Å². The second kappa shape index (κ2) is 6.08. The van der Waals surface area contributed by atoms with Crippen molar-refractivity contribution in [3.63, 3.8) is 0 Å². The van der Waals surface area contributed by atoms with Crippen LogP contribution in [0.1, 0.15) is 39.5 Å². The van der Waals surface area contributed by atoms with Gasteiger partial charge in [0.15, 0.2) is 0 Å². The predicted molar refractivity (Wildman–Crippen MR) is 77.3 cm³/mol. The first kappa shape index (κ1) is 15.2. The summed E-state index contributed by atoms with van der Waals surface area (Å²) in [4.78, 5) is 2.28. The highest BCUT2D eigenvalue weighted by molar-refractivity contribution is 4.88. The summed E-state index contributed by atoms with van der Waals surface area (Å²) >= 11 is 0. The third kappa shape index (κ3) is 5.38. The van der Waals surface area contributed by atoms with E-state index in [2.05, 4.69) is 31.1 Å². The molecule has 0 aromatic rings. The minimum absolute atomic E-state index is 0.249. The van der Waals surface area contributed by atoms with Gasteiger partial charge in [-0.25, -0.2) is 0 Å². The Kier molecular flexibility index (Phi) is 4.88. The van der Waals surface area contributed by atoms with E-state index >= 15 is 0 Å². The zero-order chi connectivity index (χ0) is 13.9. The first-order valence-corrected chi connectivity index (χ1v) is 7.61. The summed E-state index contributed by atoms with van der Waals surface area (Å²) < 4.78 is 5.33. The molecule has 1 heterocycles. The molecule has 0 unspecified atom stereocenters. The van der Waals surface area contributed by atoms with Crippen molar-refractivity contribution < 1.29 is 9.84 Å². The minimum atomic E-state index is -0.549. The molecule has 4 heteroatoms. The smallest absolute Gasteiger partial charge is 0.0817 e. The van der Waals surface area contributed by atoms with Gasteiger partial charge >= 0.3 is 0 Å². The molecule has 112 valence electrons. The molecule has 2 fully saturated rings. The number of ether oxygens (including phenoxy) is 1. The van der Waals surface area contributed by atoms with Gasteiger partial charge in [-0.15, -0.1) is 0 Å². The normalized spacial score (nSPS) is 23.8. The molecule has 1 saturated heterocycles. The van der Waals surface area contributed by atoms with Crippen LogP contribution >= 0.6 is 0 Å². The Hall–Kier alpha value is -0.160. The third-order valence-electron chi connectivity index (χ3n) is 4.13. The number of likely N-dealkylation sites (N-methyl/N-ethyl adjacent to an activating group) is 1. The number of aliphatic hydroxyl groups is 1. The molecule has 1 aliphatic heterocycles. The zero-order valence-corrected chi connectivity index (χ0v) is 12.7. The van der Waals surface area contributed by atoms with Gasteiger partial charge in [0.25, 0.3) is 0 Å². The van der Waals surface area contributed by atoms with Crippen LogP contribution in [0.25, 0.3) is 0 Å². The van der Waals surface area contributed by atoms with Gasteiger partial charge in [-0.2, -0.15) is 0 Å². The molecule has 0 radical (unpaired) electrons. The minimum Gasteiger partial charge on any atom is -0.388 e. The van der Waals surface area contributed by atoms with E-state index in [1.54, 1.807) is 0 Å². The molecule has 0 amide bonds. The molecule has 0 spiro atoms. The Morgan fingerprint density at radius 3 is 2.53 bits per heavy atom. The number of nitrogens with one attached hydrogen (secondary N) is 1. The van der Waals surface area contributed by atoms with Gasteiger partial charge in [0.2, 0.25) is 0 Å². The standard InChI is InChI=1S/C15H30N2O2/c1-14(2,10-16-13-4-5-13)11-17(3)12-15(18)6-8-19-9-7-15/h13,16,18H,4-12H2,1-3H3. The van der Waals surface area contributed by atoms with E-state index < -0.39 is 5.60 Å². The second-order valence-electron chi connectivity index (χ2n) is 7.33. The molecule has 0 aromatic heterocycles. The van der Waals surface area contributed by atoms with Crippen LogP contribution in [0.15, 0.2) is 0 Å². The summed E-state index contributed by atoms with van der Waals surface area (Å²) in [7, 11) is 2.12. The molecule has 2 rings (SSSR count). The number of rotatable bonds is 7. The quantitative estimate of drug-likeness (QED) is 0.730. The fourth-order valence-corrected chi connectivity index (χ4v) is 2.96. The van der Waals surface area contributed by atoms with E-state index in [0.29, 0.717) is 13.2 Å². The first-order valence-electron chi connectivity index (χ1n) is 7.61. The predicted octanol–water partition coefficient (Wildman–Crippen LogP) is 1.24. The van der Waals surface area contributed by atoms with Crippen LogP contribution in [0.2, 0.25) is 0 Å². The molecule has 1 aliphatic carbocycles. The van der Waals surface area contributed by atoms with Crippen LogP contribution in [0.4, 0.5) is 0 Å². The Labute approximate surface area is 117 Å². The van der Waals surface area contributed by atoms with Crippen molar-refractivity contribution in [3.05, 3.63) is 0 Å². The zero-order valence-electron chi connectivity index (χ0n) is 12.7. The van der Waals surface area contributed by atoms with E-state index in [0.717, 1.165) is 38.5 Å². The van der Waals surface area contributed by atoms with E-state index in [4.69, 9.17) is 4.74 Å². The average Bonchev–Trinajstić information content (AvgIpc) is 3.09. The fraction of sp³-hybridized carbons (Fsp3) is 1.00. The molecule has 19 heavy (non-hydrogen) atoms. The highest BCUT2D eigenvalue weighted by Gasteiger charge is 2.33. The highest BCUT2D eigenvalue weighted by Crippen LogP contribution is 2.25. The van der Waals surface area contributed by atoms with E-state index in [9.17, 15) is 5.11 Å². The van der Waals surface area contributed by atoms with Gasteiger partial charge in [0.1, 0.15) is 0 Å². The third-order valence-corrected chi connectivity index (χ3v) is 4.13. The summed E-state index contributed by atoms with van der Waals surface area (Å²) in [6.45, 7) is 8.80. The number of nitrogens with zero attached hydrogens (tertiary/aromatic N) is 1. The van der Waals surface area contributed by atoms with Crippen molar-refractivity contribution in [2.75, 3.05) is 39.9 Å². The Morgan fingerprint density at radius 1 is 1.32 bits per heavy atom. The maximum atomic E-state index is 10.5. The summed E-state index contributed by atoms with van der Waals surface area (Å²) in [5.74, 6) is 0. The monoisotopic (exact) mass is 270 g/mol. The lowest BCUT2D eigenvalue weighted by molar-refractivity contribution is -0.0795. The largest absolute Gasteiger partial charge is 0.388 e. The van der Waals surface area contributed by atoms with Crippen molar-refractivity contribution in [1.29, 1.82) is 0 Å². The molecule has 4 nitrogen and oxygen atoms in total. The van der Waals surface area contributed by atoms with Crippen LogP contribution in [0, 0.1) is 5.41 Å². The molecule has 2 N–H and O–H groups in total. The van der Waals surface area contributed by atoms with Crippen molar-refractivity contribution >= 4 is 0 Å². The van der Waals surface area contributed by atoms with Crippen LogP contribution in [-0.2, 0) is 4.74 Å². The van der Waals surface area contributed by atoms with Gasteiger partial charge in [-0.05, 0) is 25.3 Å². The molecule has 2 aliphatic rings.